The number of hydrogen-bond acceptors (Lipinski definition) is 4. The van der Waals surface area contributed by atoms with Gasteiger partial charge in [-0.3, -0.25) is 0 Å². The lowest BCUT2D eigenvalue weighted by molar-refractivity contribution is 0.142. The van der Waals surface area contributed by atoms with Crippen LogP contribution in [0.15, 0.2) is 4.52 Å². The second-order valence-electron chi connectivity index (χ2n) is 4.32. The topological polar surface area (TPSA) is 79.5 Å². The molecule has 6 nitrogen and oxygen atoms in total. The molecule has 16 heavy (non-hydrogen) atoms. The number of hydrogen-bond donors (Lipinski definition) is 1. The molecule has 1 aromatic rings. The summed E-state index contributed by atoms with van der Waals surface area (Å²) in [6, 6.07) is 0.0792. The highest BCUT2D eigenvalue weighted by atomic mass is 16.5. The van der Waals surface area contributed by atoms with E-state index in [4.69, 9.17) is 9.63 Å². The van der Waals surface area contributed by atoms with Crippen LogP contribution in [0.25, 0.3) is 0 Å². The average Bonchev–Trinajstić information content (AvgIpc) is 2.73. The van der Waals surface area contributed by atoms with E-state index in [1.807, 2.05) is 6.92 Å². The summed E-state index contributed by atoms with van der Waals surface area (Å²) in [4.78, 5) is 16.5. The second-order valence-corrected chi connectivity index (χ2v) is 4.32. The molecule has 0 spiro atoms. The molecule has 2 heterocycles. The number of rotatable bonds is 2. The Morgan fingerprint density at radius 3 is 2.94 bits per heavy atom. The summed E-state index contributed by atoms with van der Waals surface area (Å²) in [5.41, 5.74) is 0. The van der Waals surface area contributed by atoms with Crippen molar-refractivity contribution in [1.29, 1.82) is 0 Å². The Bertz CT molecular complexity index is 390. The molecule has 2 atom stereocenters. The van der Waals surface area contributed by atoms with Gasteiger partial charge in [-0.25, -0.2) is 4.79 Å². The smallest absolute Gasteiger partial charge is 0.407 e. The first-order valence-electron chi connectivity index (χ1n) is 5.35. The van der Waals surface area contributed by atoms with Crippen molar-refractivity contribution in [1.82, 2.24) is 15.0 Å². The zero-order valence-electron chi connectivity index (χ0n) is 9.38. The van der Waals surface area contributed by atoms with Crippen molar-refractivity contribution in [2.45, 2.75) is 32.7 Å². The number of likely N-dealkylation sites (tertiary alicyclic amines) is 1. The fourth-order valence-electron chi connectivity index (χ4n) is 2.24. The van der Waals surface area contributed by atoms with Gasteiger partial charge in [-0.05, 0) is 19.3 Å². The standard InChI is InChI=1S/C10H15N3O3/c1-6-3-8(5-13(6)10(14)15)4-9-11-7(2)16-12-9/h6,8H,3-5H2,1-2H3,(H,14,15)/t6-,8?/m0/s1. The van der Waals surface area contributed by atoms with Crippen LogP contribution in [-0.2, 0) is 6.42 Å². The first-order valence-corrected chi connectivity index (χ1v) is 5.35. The molecule has 6 heteroatoms. The summed E-state index contributed by atoms with van der Waals surface area (Å²) in [7, 11) is 0. The lowest BCUT2D eigenvalue weighted by Crippen LogP contribution is -2.32. The van der Waals surface area contributed by atoms with Crippen LogP contribution in [0.2, 0.25) is 0 Å². The van der Waals surface area contributed by atoms with Gasteiger partial charge in [0.25, 0.3) is 0 Å². The number of carboxylic acid groups (broad SMARTS) is 1. The molecule has 2 rings (SSSR count). The lowest BCUT2D eigenvalue weighted by Gasteiger charge is -2.16. The molecular formula is C10H15N3O3. The molecule has 0 aromatic carbocycles. The highest BCUT2D eigenvalue weighted by Gasteiger charge is 2.32. The maximum Gasteiger partial charge on any atom is 0.407 e. The van der Waals surface area contributed by atoms with Gasteiger partial charge in [0.05, 0.1) is 0 Å². The third-order valence-electron chi connectivity index (χ3n) is 2.95. The van der Waals surface area contributed by atoms with E-state index in [0.29, 0.717) is 30.6 Å². The molecule has 88 valence electrons. The third kappa shape index (κ3) is 2.15. The Balaban J connectivity index is 1.96. The number of aryl methyl sites for hydroxylation is 1. The molecule has 0 saturated carbocycles. The zero-order valence-corrected chi connectivity index (χ0v) is 9.38. The molecule has 0 radical (unpaired) electrons. The SMILES string of the molecule is Cc1nc(CC2C[C@H](C)N(C(=O)O)C2)no1. The Kier molecular flexibility index (Phi) is 2.80. The molecule has 1 aliphatic rings. The Morgan fingerprint density at radius 1 is 1.69 bits per heavy atom. The maximum atomic E-state index is 10.9. The number of amides is 1. The van der Waals surface area contributed by atoms with Gasteiger partial charge in [0, 0.05) is 25.9 Å². The van der Waals surface area contributed by atoms with Gasteiger partial charge >= 0.3 is 6.09 Å². The highest BCUT2D eigenvalue weighted by Crippen LogP contribution is 2.25. The van der Waals surface area contributed by atoms with Crippen molar-refractivity contribution >= 4 is 6.09 Å². The molecule has 0 aliphatic carbocycles. The van der Waals surface area contributed by atoms with Crippen LogP contribution < -0.4 is 0 Å². The van der Waals surface area contributed by atoms with Crippen LogP contribution in [0.5, 0.6) is 0 Å². The van der Waals surface area contributed by atoms with Crippen LogP contribution in [0.1, 0.15) is 25.1 Å². The van der Waals surface area contributed by atoms with Gasteiger partial charge in [0.1, 0.15) is 0 Å². The fourth-order valence-corrected chi connectivity index (χ4v) is 2.24. The molecule has 1 unspecified atom stereocenters. The first kappa shape index (κ1) is 10.9. The van der Waals surface area contributed by atoms with Gasteiger partial charge in [0.2, 0.25) is 5.89 Å². The predicted octanol–water partition coefficient (Wildman–Crippen LogP) is 1.31. The maximum absolute atomic E-state index is 10.9. The van der Waals surface area contributed by atoms with Gasteiger partial charge in [-0.1, -0.05) is 5.16 Å². The van der Waals surface area contributed by atoms with Crippen molar-refractivity contribution in [3.63, 3.8) is 0 Å². The summed E-state index contributed by atoms with van der Waals surface area (Å²) in [6.45, 7) is 4.23. The molecule has 1 saturated heterocycles. The summed E-state index contributed by atoms with van der Waals surface area (Å²) in [6.07, 6.45) is 0.699. The summed E-state index contributed by atoms with van der Waals surface area (Å²) >= 11 is 0. The van der Waals surface area contributed by atoms with Crippen molar-refractivity contribution in [2.75, 3.05) is 6.54 Å². The molecule has 1 fully saturated rings. The molecule has 1 amide bonds. The summed E-state index contributed by atoms with van der Waals surface area (Å²) < 4.78 is 4.88. The van der Waals surface area contributed by atoms with Gasteiger partial charge in [-0.15, -0.1) is 0 Å². The number of carbonyl (C=O) groups is 1. The molecule has 0 bridgehead atoms. The third-order valence-corrected chi connectivity index (χ3v) is 2.95. The van der Waals surface area contributed by atoms with E-state index < -0.39 is 6.09 Å². The van der Waals surface area contributed by atoms with Crippen LogP contribution in [0.3, 0.4) is 0 Å². The van der Waals surface area contributed by atoms with E-state index in [-0.39, 0.29) is 6.04 Å². The molecule has 1 aromatic heterocycles. The highest BCUT2D eigenvalue weighted by molar-refractivity contribution is 5.65. The Hall–Kier alpha value is -1.59. The van der Waals surface area contributed by atoms with Crippen LogP contribution in [0.4, 0.5) is 4.79 Å². The molecule has 1 N–H and O–H groups in total. The average molecular weight is 225 g/mol. The van der Waals surface area contributed by atoms with Gasteiger partial charge in [0.15, 0.2) is 5.82 Å². The van der Waals surface area contributed by atoms with Gasteiger partial charge in [-0.2, -0.15) is 4.98 Å². The van der Waals surface area contributed by atoms with Crippen molar-refractivity contribution < 1.29 is 14.4 Å². The molecular weight excluding hydrogens is 210 g/mol. The monoisotopic (exact) mass is 225 g/mol. The Morgan fingerprint density at radius 2 is 2.44 bits per heavy atom. The van der Waals surface area contributed by atoms with Crippen molar-refractivity contribution in [3.05, 3.63) is 11.7 Å². The van der Waals surface area contributed by atoms with E-state index in [9.17, 15) is 4.79 Å². The van der Waals surface area contributed by atoms with Crippen molar-refractivity contribution in [3.8, 4) is 0 Å². The normalized spacial score (nSPS) is 25.0. The van der Waals surface area contributed by atoms with Crippen LogP contribution >= 0.6 is 0 Å². The fraction of sp³-hybridized carbons (Fsp3) is 0.700. The minimum atomic E-state index is -0.848. The van der Waals surface area contributed by atoms with Crippen LogP contribution in [0, 0.1) is 12.8 Å². The van der Waals surface area contributed by atoms with E-state index in [2.05, 4.69) is 10.1 Å². The number of nitrogens with zero attached hydrogens (tertiary/aromatic N) is 3. The van der Waals surface area contributed by atoms with E-state index >= 15 is 0 Å². The summed E-state index contributed by atoms with van der Waals surface area (Å²) in [5.74, 6) is 1.51. The lowest BCUT2D eigenvalue weighted by atomic mass is 10.0. The largest absolute Gasteiger partial charge is 0.465 e. The zero-order chi connectivity index (χ0) is 11.7. The second kappa shape index (κ2) is 4.11. The first-order chi connectivity index (χ1) is 7.56. The summed E-state index contributed by atoms with van der Waals surface area (Å²) in [5, 5.41) is 12.8. The minimum Gasteiger partial charge on any atom is -0.465 e. The van der Waals surface area contributed by atoms with E-state index in [1.54, 1.807) is 6.92 Å². The predicted molar refractivity (Wildman–Crippen MR) is 55.0 cm³/mol. The van der Waals surface area contributed by atoms with Gasteiger partial charge < -0.3 is 14.5 Å². The Labute approximate surface area is 93.2 Å². The minimum absolute atomic E-state index is 0.0792. The molecule has 1 aliphatic heterocycles. The van der Waals surface area contributed by atoms with E-state index in [0.717, 1.165) is 6.42 Å². The van der Waals surface area contributed by atoms with Crippen molar-refractivity contribution in [2.24, 2.45) is 5.92 Å². The van der Waals surface area contributed by atoms with Crippen LogP contribution in [-0.4, -0.2) is 38.8 Å². The van der Waals surface area contributed by atoms with E-state index in [1.165, 1.54) is 4.90 Å². The number of aromatic nitrogens is 2. The quantitative estimate of drug-likeness (QED) is 0.820.